The Morgan fingerprint density at radius 3 is 2.55 bits per heavy atom. The summed E-state index contributed by atoms with van der Waals surface area (Å²) < 4.78 is 5.56. The molecule has 0 aliphatic heterocycles. The molecule has 0 saturated carbocycles. The van der Waals surface area contributed by atoms with Gasteiger partial charge in [0, 0.05) is 0 Å². The van der Waals surface area contributed by atoms with Gasteiger partial charge in [0.25, 0.3) is 0 Å². The first kappa shape index (κ1) is 14.3. The number of benzene rings is 2. The third kappa shape index (κ3) is 1.89. The van der Waals surface area contributed by atoms with Crippen LogP contribution in [0.15, 0.2) is 42.5 Å². The Morgan fingerprint density at radius 2 is 1.85 bits per heavy atom. The standard InChI is InChI=1S/C17H17.2CH3.Hf/c1-3-12(2)15-11-10-14-9-8-13-6-4-5-7-16(13)17(14)15;;;/h4-12H,3H2,1-2H3;2*1H3;. The second-order valence-electron chi connectivity index (χ2n) is 6.26. The third-order valence-electron chi connectivity index (χ3n) is 5.12. The zero-order valence-electron chi connectivity index (χ0n) is 12.9. The molecule has 0 fully saturated rings. The minimum atomic E-state index is -1.65. The molecule has 0 spiro atoms. The molecule has 2 aromatic carbocycles. The molecule has 0 bridgehead atoms. The molecule has 3 rings (SSSR count). The van der Waals surface area contributed by atoms with Crippen LogP contribution in [0, 0.1) is 5.92 Å². The fourth-order valence-electron chi connectivity index (χ4n) is 3.84. The summed E-state index contributed by atoms with van der Waals surface area (Å²) in [5.74, 6) is 0.753. The monoisotopic (exact) mass is 431 g/mol. The molecule has 0 N–H and O–H groups in total. The van der Waals surface area contributed by atoms with Crippen LogP contribution in [-0.2, 0) is 24.6 Å². The molecule has 0 nitrogen and oxygen atoms in total. The molecule has 1 aliphatic carbocycles. The van der Waals surface area contributed by atoms with Crippen molar-refractivity contribution in [2.24, 2.45) is 5.92 Å². The average Bonchev–Trinajstić information content (AvgIpc) is 2.87. The van der Waals surface area contributed by atoms with Crippen LogP contribution in [0.25, 0.3) is 16.8 Å². The van der Waals surface area contributed by atoms with E-state index in [1.165, 1.54) is 22.8 Å². The Balaban J connectivity index is 2.35. The van der Waals surface area contributed by atoms with Crippen LogP contribution in [0.3, 0.4) is 0 Å². The van der Waals surface area contributed by atoms with E-state index in [1.54, 1.807) is 5.56 Å². The topological polar surface area (TPSA) is 0 Å². The van der Waals surface area contributed by atoms with Gasteiger partial charge in [0.15, 0.2) is 0 Å². The van der Waals surface area contributed by atoms with Crippen LogP contribution >= 0.6 is 0 Å². The van der Waals surface area contributed by atoms with Gasteiger partial charge < -0.3 is 0 Å². The molecule has 20 heavy (non-hydrogen) atoms. The van der Waals surface area contributed by atoms with Crippen LogP contribution in [0.1, 0.15) is 31.4 Å². The summed E-state index contributed by atoms with van der Waals surface area (Å²) in [6, 6.07) is 13.5. The van der Waals surface area contributed by atoms with E-state index in [1.807, 2.05) is 0 Å². The summed E-state index contributed by atoms with van der Waals surface area (Å²) in [7, 11) is 0. The quantitative estimate of drug-likeness (QED) is 0.539. The van der Waals surface area contributed by atoms with Gasteiger partial charge in [0.1, 0.15) is 0 Å². The first-order chi connectivity index (χ1) is 9.61. The molecular formula is C19H23Hf. The second kappa shape index (κ2) is 5.26. The van der Waals surface area contributed by atoms with Crippen molar-refractivity contribution in [3.05, 3.63) is 53.6 Å². The van der Waals surface area contributed by atoms with E-state index in [9.17, 15) is 0 Å². The number of hydrogen-bond acceptors (Lipinski definition) is 0. The van der Waals surface area contributed by atoms with Crippen molar-refractivity contribution in [3.63, 3.8) is 0 Å². The van der Waals surface area contributed by atoms with Gasteiger partial charge in [-0.15, -0.1) is 0 Å². The molecule has 0 heterocycles. The molecule has 0 radical (unpaired) electrons. The summed E-state index contributed by atoms with van der Waals surface area (Å²) >= 11 is -1.65. The molecule has 0 amide bonds. The van der Waals surface area contributed by atoms with Crippen LogP contribution in [0.4, 0.5) is 0 Å². The van der Waals surface area contributed by atoms with E-state index >= 15 is 0 Å². The number of rotatable bonds is 3. The zero-order chi connectivity index (χ0) is 14.3. The second-order valence-corrected chi connectivity index (χ2v) is 16.4. The van der Waals surface area contributed by atoms with Gasteiger partial charge in [-0.05, 0) is 0 Å². The Labute approximate surface area is 130 Å². The van der Waals surface area contributed by atoms with Crippen LogP contribution in [0.5, 0.6) is 0 Å². The van der Waals surface area contributed by atoms with E-state index in [-0.39, 0.29) is 0 Å². The van der Waals surface area contributed by atoms with Gasteiger partial charge in [0.2, 0.25) is 0 Å². The summed E-state index contributed by atoms with van der Waals surface area (Å²) in [6.45, 7) is 4.80. The fourth-order valence-corrected chi connectivity index (χ4v) is 12.4. The van der Waals surface area contributed by atoms with Gasteiger partial charge in [0.05, 0.1) is 0 Å². The molecule has 1 aliphatic rings. The Kier molecular flexibility index (Phi) is 3.75. The molecule has 103 valence electrons. The van der Waals surface area contributed by atoms with Crippen molar-refractivity contribution < 1.29 is 21.4 Å². The zero-order valence-corrected chi connectivity index (χ0v) is 16.5. The normalized spacial score (nSPS) is 22.0. The molecule has 0 saturated heterocycles. The maximum absolute atomic E-state index is 2.58. The number of hydrogen-bond donors (Lipinski definition) is 0. The van der Waals surface area contributed by atoms with E-state index in [0.717, 1.165) is 5.92 Å². The summed E-state index contributed by atoms with van der Waals surface area (Å²) in [4.78, 5) is 0. The van der Waals surface area contributed by atoms with E-state index in [0.29, 0.717) is 3.17 Å². The molecule has 2 unspecified atom stereocenters. The Bertz CT molecular complexity index is 669. The third-order valence-corrected chi connectivity index (χ3v) is 14.3. The molecular weight excluding hydrogens is 407 g/mol. The SMILES string of the molecule is CCC(C)[C]1([Hf]([CH3])[CH3])C=Cc2ccc3ccccc3c21. The van der Waals surface area contributed by atoms with Gasteiger partial charge >= 0.3 is 131 Å². The van der Waals surface area contributed by atoms with Crippen molar-refractivity contribution in [3.8, 4) is 0 Å². The fraction of sp³-hybridized carbons (Fsp3) is 0.368. The molecule has 1 heteroatoms. The van der Waals surface area contributed by atoms with Crippen molar-refractivity contribution >= 4 is 16.8 Å². The van der Waals surface area contributed by atoms with Crippen molar-refractivity contribution in [2.45, 2.75) is 32.8 Å². The average molecular weight is 430 g/mol. The Morgan fingerprint density at radius 1 is 1.10 bits per heavy atom. The van der Waals surface area contributed by atoms with Crippen molar-refractivity contribution in [1.82, 2.24) is 0 Å². The summed E-state index contributed by atoms with van der Waals surface area (Å²) in [6.07, 6.45) is 6.23. The van der Waals surface area contributed by atoms with Gasteiger partial charge in [-0.2, -0.15) is 0 Å². The molecule has 0 aromatic heterocycles. The molecule has 2 aromatic rings. The van der Waals surface area contributed by atoms with Crippen molar-refractivity contribution in [2.75, 3.05) is 0 Å². The van der Waals surface area contributed by atoms with Crippen LogP contribution in [-0.4, -0.2) is 0 Å². The van der Waals surface area contributed by atoms with Gasteiger partial charge in [-0.1, -0.05) is 0 Å². The Hall–Kier alpha value is -0.690. The van der Waals surface area contributed by atoms with E-state index < -0.39 is 21.4 Å². The van der Waals surface area contributed by atoms with Crippen LogP contribution in [0.2, 0.25) is 9.36 Å². The minimum absolute atomic E-state index is 0.398. The summed E-state index contributed by atoms with van der Waals surface area (Å²) in [5, 5.41) is 2.89. The van der Waals surface area contributed by atoms with E-state index in [4.69, 9.17) is 0 Å². The number of fused-ring (bicyclic) bond motifs is 3. The van der Waals surface area contributed by atoms with Crippen molar-refractivity contribution in [1.29, 1.82) is 0 Å². The van der Waals surface area contributed by atoms with Gasteiger partial charge in [-0.3, -0.25) is 0 Å². The van der Waals surface area contributed by atoms with Gasteiger partial charge in [-0.25, -0.2) is 0 Å². The first-order valence-corrected chi connectivity index (χ1v) is 16.6. The predicted molar refractivity (Wildman–Crippen MR) is 85.8 cm³/mol. The first-order valence-electron chi connectivity index (χ1n) is 7.63. The maximum atomic E-state index is 2.58. The number of allylic oxidation sites excluding steroid dienone is 1. The van der Waals surface area contributed by atoms with E-state index in [2.05, 4.69) is 71.8 Å². The summed E-state index contributed by atoms with van der Waals surface area (Å²) in [5.41, 5.74) is 3.12. The predicted octanol–water partition coefficient (Wildman–Crippen LogP) is 5.82. The molecule has 2 atom stereocenters. The van der Waals surface area contributed by atoms with Crippen LogP contribution < -0.4 is 0 Å².